The van der Waals surface area contributed by atoms with E-state index in [1.807, 2.05) is 64.1 Å². The van der Waals surface area contributed by atoms with E-state index in [-0.39, 0.29) is 6.10 Å². The van der Waals surface area contributed by atoms with Gasteiger partial charge in [-0.05, 0) is 61.4 Å². The van der Waals surface area contributed by atoms with Crippen molar-refractivity contribution < 1.29 is 36.6 Å². The largest absolute Gasteiger partial charge is 0.399 e. The van der Waals surface area contributed by atoms with Gasteiger partial charge >= 0.3 is 8.24 Å². The molecule has 4 heterocycles. The van der Waals surface area contributed by atoms with Gasteiger partial charge in [0.05, 0.1) is 6.61 Å². The molecule has 3 saturated heterocycles. The van der Waals surface area contributed by atoms with Crippen molar-refractivity contribution in [2.45, 2.75) is 70.0 Å². The SMILES string of the molecule is CC1(C)O[C@H]2O[C@@H]([C@H]3COC(C)(C)O3)[C@H](Op3oc4ccc5ccccc5c4c4c(ccc5ccccc54)o3)[C@H]2O1. The van der Waals surface area contributed by atoms with Gasteiger partial charge in [-0.2, -0.15) is 0 Å². The Kier molecular flexibility index (Phi) is 5.83. The zero-order valence-electron chi connectivity index (χ0n) is 23.2. The van der Waals surface area contributed by atoms with Gasteiger partial charge in [0.25, 0.3) is 0 Å². The molecule has 0 unspecified atom stereocenters. The summed E-state index contributed by atoms with van der Waals surface area (Å²) in [5, 5.41) is 6.37. The van der Waals surface area contributed by atoms with Gasteiger partial charge in [0.15, 0.2) is 17.9 Å². The first-order chi connectivity index (χ1) is 19.7. The van der Waals surface area contributed by atoms with E-state index in [1.54, 1.807) is 0 Å². The second-order valence-electron chi connectivity index (χ2n) is 11.7. The molecule has 0 amide bonds. The lowest BCUT2D eigenvalue weighted by Gasteiger charge is -2.28. The molecule has 0 bridgehead atoms. The Labute approximate surface area is 237 Å². The Morgan fingerprint density at radius 2 is 1.29 bits per heavy atom. The maximum atomic E-state index is 6.73. The van der Waals surface area contributed by atoms with Crippen LogP contribution in [-0.2, 0) is 23.7 Å². The lowest BCUT2D eigenvalue weighted by molar-refractivity contribution is -0.228. The number of hydrogen-bond acceptors (Lipinski definition) is 8. The van der Waals surface area contributed by atoms with E-state index in [9.17, 15) is 0 Å². The maximum Gasteiger partial charge on any atom is 0.387 e. The highest BCUT2D eigenvalue weighted by Crippen LogP contribution is 2.46. The summed E-state index contributed by atoms with van der Waals surface area (Å²) < 4.78 is 50.7. The monoisotopic (exact) mass is 574 g/mol. The van der Waals surface area contributed by atoms with Crippen LogP contribution >= 0.6 is 8.24 Å². The molecule has 3 aliphatic heterocycles. The third-order valence-electron chi connectivity index (χ3n) is 8.01. The predicted octanol–water partition coefficient (Wildman–Crippen LogP) is 7.42. The molecule has 41 heavy (non-hydrogen) atoms. The maximum absolute atomic E-state index is 6.73. The fourth-order valence-electron chi connectivity index (χ4n) is 6.29. The number of ether oxygens (including phenoxy) is 5. The van der Waals surface area contributed by atoms with Crippen molar-refractivity contribution >= 4 is 51.7 Å². The van der Waals surface area contributed by atoms with Crippen molar-refractivity contribution in [2.24, 2.45) is 0 Å². The van der Waals surface area contributed by atoms with Crippen molar-refractivity contribution in [3.05, 3.63) is 72.8 Å². The third kappa shape index (κ3) is 4.37. The molecule has 0 N–H and O–H groups in total. The van der Waals surface area contributed by atoms with Crippen LogP contribution in [0.25, 0.3) is 43.5 Å². The lowest BCUT2D eigenvalue weighted by atomic mass is 9.99. The van der Waals surface area contributed by atoms with E-state index >= 15 is 0 Å². The summed E-state index contributed by atoms with van der Waals surface area (Å²) in [7, 11) is -1.92. The Morgan fingerprint density at radius 3 is 1.88 bits per heavy atom. The van der Waals surface area contributed by atoms with Gasteiger partial charge < -0.3 is 32.1 Å². The molecule has 0 radical (unpaired) electrons. The van der Waals surface area contributed by atoms with Crippen molar-refractivity contribution in [3.63, 3.8) is 0 Å². The highest BCUT2D eigenvalue weighted by molar-refractivity contribution is 7.31. The van der Waals surface area contributed by atoms with E-state index in [1.165, 1.54) is 0 Å². The average Bonchev–Trinajstić information content (AvgIpc) is 3.52. The molecule has 8 rings (SSSR count). The van der Waals surface area contributed by atoms with Crippen molar-refractivity contribution in [1.82, 2.24) is 0 Å². The second kappa shape index (κ2) is 9.28. The molecule has 0 aliphatic carbocycles. The summed E-state index contributed by atoms with van der Waals surface area (Å²) in [4.78, 5) is 0. The fraction of sp³-hybridized carbons (Fsp3) is 0.375. The summed E-state index contributed by atoms with van der Waals surface area (Å²) in [5.74, 6) is -1.54. The average molecular weight is 575 g/mol. The topological polar surface area (TPSA) is 81.7 Å². The Bertz CT molecular complexity index is 1750. The first-order valence-corrected chi connectivity index (χ1v) is 15.0. The zero-order chi connectivity index (χ0) is 27.9. The number of hydrogen-bond donors (Lipinski definition) is 0. The summed E-state index contributed by atoms with van der Waals surface area (Å²) >= 11 is 0. The van der Waals surface area contributed by atoms with Crippen LogP contribution in [0.15, 0.2) is 81.2 Å². The van der Waals surface area contributed by atoms with Crippen molar-refractivity contribution in [1.29, 1.82) is 0 Å². The van der Waals surface area contributed by atoms with Crippen molar-refractivity contribution in [3.8, 4) is 0 Å². The van der Waals surface area contributed by atoms with Crippen LogP contribution in [0.1, 0.15) is 27.7 Å². The Morgan fingerprint density at radius 1 is 0.683 bits per heavy atom. The molecular formula is C32H31O8P. The minimum absolute atomic E-state index is 0.365. The van der Waals surface area contributed by atoms with Gasteiger partial charge in [0, 0.05) is 10.8 Å². The molecule has 5 atom stereocenters. The van der Waals surface area contributed by atoms with Gasteiger partial charge in [0.2, 0.25) is 0 Å². The number of fused-ring (bicyclic) bond motifs is 8. The van der Waals surface area contributed by atoms with Gasteiger partial charge in [-0.15, -0.1) is 0 Å². The number of benzene rings is 4. The molecule has 1 aromatic heterocycles. The third-order valence-corrected chi connectivity index (χ3v) is 9.12. The van der Waals surface area contributed by atoms with Crippen LogP contribution in [-0.4, -0.2) is 48.9 Å². The highest BCUT2D eigenvalue weighted by atomic mass is 31.1. The van der Waals surface area contributed by atoms with Gasteiger partial charge in [-0.1, -0.05) is 60.7 Å². The zero-order valence-corrected chi connectivity index (χ0v) is 24.1. The first kappa shape index (κ1) is 25.7. The first-order valence-electron chi connectivity index (χ1n) is 13.9. The second-order valence-corrected chi connectivity index (χ2v) is 12.8. The van der Waals surface area contributed by atoms with Crippen LogP contribution in [0.3, 0.4) is 0 Å². The molecule has 9 heteroatoms. The van der Waals surface area contributed by atoms with Crippen LogP contribution in [0.2, 0.25) is 0 Å². The highest BCUT2D eigenvalue weighted by Gasteiger charge is 2.59. The summed E-state index contributed by atoms with van der Waals surface area (Å²) in [5.41, 5.74) is 1.39. The molecule has 3 aliphatic rings. The molecule has 212 valence electrons. The minimum Gasteiger partial charge on any atom is -0.399 e. The lowest BCUT2D eigenvalue weighted by Crippen LogP contribution is -2.45. The molecule has 3 fully saturated rings. The van der Waals surface area contributed by atoms with Crippen LogP contribution < -0.4 is 4.52 Å². The summed E-state index contributed by atoms with van der Waals surface area (Å²) in [6.07, 6.45) is -2.56. The van der Waals surface area contributed by atoms with Gasteiger partial charge in [-0.25, -0.2) is 0 Å². The molecule has 0 spiro atoms. The molecule has 4 aromatic carbocycles. The van der Waals surface area contributed by atoms with E-state index in [0.717, 1.165) is 32.3 Å². The Balaban J connectivity index is 1.32. The molecule has 5 aromatic rings. The standard InChI is InChI=1S/C32H31O8P/c1-31(2)33-17-24(35-31)27-28(29-30(34-27)37-32(3,4)36-29)40-41-38-22-15-13-18-9-5-7-11-20(18)25(22)26-21-12-8-6-10-19(21)14-16-23(26)39-41/h5-16,24,27-30H,17H2,1-4H3/t24-,27+,28+,29-,30-/m1/s1. The molecule has 8 nitrogen and oxygen atoms in total. The van der Waals surface area contributed by atoms with E-state index in [4.69, 9.17) is 36.6 Å². The molecule has 0 saturated carbocycles. The normalized spacial score (nSPS) is 28.6. The number of rotatable bonds is 3. The van der Waals surface area contributed by atoms with Crippen molar-refractivity contribution in [2.75, 3.05) is 6.61 Å². The van der Waals surface area contributed by atoms with E-state index in [0.29, 0.717) is 17.8 Å². The summed E-state index contributed by atoms with van der Waals surface area (Å²) in [6, 6.07) is 24.8. The fourth-order valence-corrected chi connectivity index (χ4v) is 7.48. The van der Waals surface area contributed by atoms with Gasteiger partial charge in [0.1, 0.15) is 35.6 Å². The van der Waals surface area contributed by atoms with Crippen LogP contribution in [0.4, 0.5) is 0 Å². The Hall–Kier alpha value is -2.94. The van der Waals surface area contributed by atoms with Gasteiger partial charge in [-0.3, -0.25) is 4.52 Å². The molecular weight excluding hydrogens is 543 g/mol. The van der Waals surface area contributed by atoms with Crippen LogP contribution in [0, 0.1) is 0 Å². The van der Waals surface area contributed by atoms with E-state index in [2.05, 4.69) is 36.4 Å². The summed E-state index contributed by atoms with van der Waals surface area (Å²) in [6.45, 7) is 7.87. The smallest absolute Gasteiger partial charge is 0.387 e. The quantitative estimate of drug-likeness (QED) is 0.220. The van der Waals surface area contributed by atoms with Crippen LogP contribution in [0.5, 0.6) is 0 Å². The minimum atomic E-state index is -1.92. The van der Waals surface area contributed by atoms with E-state index < -0.39 is 44.4 Å². The predicted molar refractivity (Wildman–Crippen MR) is 155 cm³/mol.